The molecule has 1 fully saturated rings. The molecule has 9 heteroatoms. The van der Waals surface area contributed by atoms with Crippen LogP contribution in [0.1, 0.15) is 28.8 Å². The first-order chi connectivity index (χ1) is 15.3. The second-order valence-electron chi connectivity index (χ2n) is 7.90. The molecule has 0 aromatic heterocycles. The van der Waals surface area contributed by atoms with Gasteiger partial charge in [0.25, 0.3) is 5.91 Å². The first-order valence-corrected chi connectivity index (χ1v) is 10.3. The van der Waals surface area contributed by atoms with Crippen molar-refractivity contribution in [1.82, 2.24) is 4.90 Å². The molecule has 170 valence electrons. The summed E-state index contributed by atoms with van der Waals surface area (Å²) in [5.74, 6) is 0.687. The molecule has 1 amide bonds. The van der Waals surface area contributed by atoms with Crippen molar-refractivity contribution in [3.63, 3.8) is 0 Å². The van der Waals surface area contributed by atoms with Crippen LogP contribution in [-0.4, -0.2) is 49.3 Å². The summed E-state index contributed by atoms with van der Waals surface area (Å²) in [7, 11) is 0. The Balaban J connectivity index is 1.28. The van der Waals surface area contributed by atoms with Crippen LogP contribution >= 0.6 is 0 Å². The van der Waals surface area contributed by atoms with Gasteiger partial charge in [0.05, 0.1) is 6.61 Å². The van der Waals surface area contributed by atoms with Crippen molar-refractivity contribution in [2.45, 2.75) is 25.6 Å². The van der Waals surface area contributed by atoms with Crippen molar-refractivity contribution in [2.75, 3.05) is 26.3 Å². The number of fused-ring (bicyclic) bond motifs is 1. The molecule has 1 saturated heterocycles. The van der Waals surface area contributed by atoms with E-state index in [1.165, 1.54) is 18.2 Å². The lowest BCUT2D eigenvalue weighted by Crippen LogP contribution is -2.39. The number of carbonyl (C=O) groups is 2. The summed E-state index contributed by atoms with van der Waals surface area (Å²) in [6.45, 7) is 1.51. The molecule has 0 saturated carbocycles. The summed E-state index contributed by atoms with van der Waals surface area (Å²) in [4.78, 5) is 26.2. The second kappa shape index (κ2) is 9.10. The maximum absolute atomic E-state index is 12.9. The molecule has 0 unspecified atom stereocenters. The molecule has 0 aliphatic carbocycles. The Kier molecular flexibility index (Phi) is 6.25. The monoisotopic (exact) mass is 449 g/mol. The normalized spacial score (nSPS) is 16.8. The van der Waals surface area contributed by atoms with Gasteiger partial charge in [-0.25, -0.2) is 0 Å². The minimum atomic E-state index is -4.75. The maximum atomic E-state index is 12.9. The molecule has 0 spiro atoms. The number of rotatable bonds is 5. The number of amides is 1. The smallest absolute Gasteiger partial charge is 0.493 e. The molecule has 0 atom stereocenters. The van der Waals surface area contributed by atoms with Gasteiger partial charge >= 0.3 is 6.36 Å². The van der Waals surface area contributed by atoms with Gasteiger partial charge in [-0.05, 0) is 49.1 Å². The van der Waals surface area contributed by atoms with Gasteiger partial charge in [0.1, 0.15) is 23.9 Å². The van der Waals surface area contributed by atoms with E-state index in [2.05, 4.69) is 4.74 Å². The van der Waals surface area contributed by atoms with Gasteiger partial charge in [-0.15, -0.1) is 13.2 Å². The van der Waals surface area contributed by atoms with Crippen molar-refractivity contribution in [3.05, 3.63) is 53.6 Å². The standard InChI is InChI=1S/C23H22F3NO5/c24-23(25,26)32-20-3-1-2-19(12-20)30-13-15-6-8-27(9-7-15)22(29)16-4-5-21-17(10-16)11-18(28)14-31-21/h1-5,10,12,15H,6-9,11,13-14H2. The molecule has 4 rings (SSSR count). The zero-order chi connectivity index (χ0) is 22.7. The molecule has 2 aliphatic rings. The Morgan fingerprint density at radius 2 is 1.84 bits per heavy atom. The Hall–Kier alpha value is -3.23. The summed E-state index contributed by atoms with van der Waals surface area (Å²) in [5, 5.41) is 0. The Bertz CT molecular complexity index is 999. The van der Waals surface area contributed by atoms with Crippen LogP contribution in [0.15, 0.2) is 42.5 Å². The van der Waals surface area contributed by atoms with Crippen LogP contribution in [-0.2, 0) is 11.2 Å². The van der Waals surface area contributed by atoms with Crippen LogP contribution in [0.2, 0.25) is 0 Å². The zero-order valence-electron chi connectivity index (χ0n) is 17.2. The van der Waals surface area contributed by atoms with Gasteiger partial charge in [0.15, 0.2) is 5.78 Å². The van der Waals surface area contributed by atoms with E-state index < -0.39 is 6.36 Å². The predicted molar refractivity (Wildman–Crippen MR) is 108 cm³/mol. The van der Waals surface area contributed by atoms with Crippen molar-refractivity contribution in [2.24, 2.45) is 5.92 Å². The van der Waals surface area contributed by atoms with Gasteiger partial charge in [-0.1, -0.05) is 6.07 Å². The van der Waals surface area contributed by atoms with Crippen LogP contribution in [0.25, 0.3) is 0 Å². The number of ether oxygens (including phenoxy) is 3. The number of likely N-dealkylation sites (tertiary alicyclic amines) is 1. The van der Waals surface area contributed by atoms with Crippen LogP contribution in [0, 0.1) is 5.92 Å². The molecule has 2 aromatic carbocycles. The molecular formula is C23H22F3NO5. The van der Waals surface area contributed by atoms with E-state index >= 15 is 0 Å². The van der Waals surface area contributed by atoms with Gasteiger partial charge in [-0.2, -0.15) is 0 Å². The molecule has 2 heterocycles. The number of hydrogen-bond acceptors (Lipinski definition) is 5. The number of hydrogen-bond donors (Lipinski definition) is 0. The molecule has 0 bridgehead atoms. The SMILES string of the molecule is O=C1COc2ccc(C(=O)N3CCC(COc4cccc(OC(F)(F)F)c4)CC3)cc2C1. The highest BCUT2D eigenvalue weighted by molar-refractivity contribution is 5.95. The molecule has 6 nitrogen and oxygen atoms in total. The third-order valence-electron chi connectivity index (χ3n) is 5.51. The third kappa shape index (κ3) is 5.52. The van der Waals surface area contributed by atoms with E-state index in [9.17, 15) is 22.8 Å². The summed E-state index contributed by atoms with van der Waals surface area (Å²) in [6, 6.07) is 10.6. The number of nitrogens with zero attached hydrogens (tertiary/aromatic N) is 1. The Morgan fingerprint density at radius 3 is 2.59 bits per heavy atom. The fourth-order valence-electron chi connectivity index (χ4n) is 3.87. The second-order valence-corrected chi connectivity index (χ2v) is 7.90. The number of Topliss-reactive ketones (excluding diaryl/α,β-unsaturated/α-hetero) is 1. The van der Waals surface area contributed by atoms with Crippen molar-refractivity contribution < 1.29 is 37.0 Å². The maximum Gasteiger partial charge on any atom is 0.573 e. The minimum absolute atomic E-state index is 0.0154. The Morgan fingerprint density at radius 1 is 1.09 bits per heavy atom. The van der Waals surface area contributed by atoms with Crippen LogP contribution in [0.5, 0.6) is 17.2 Å². The summed E-state index contributed by atoms with van der Waals surface area (Å²) in [5.41, 5.74) is 1.25. The fraction of sp³-hybridized carbons (Fsp3) is 0.391. The van der Waals surface area contributed by atoms with Crippen LogP contribution in [0.3, 0.4) is 0 Å². The van der Waals surface area contributed by atoms with E-state index in [-0.39, 0.29) is 36.4 Å². The number of halogens is 3. The largest absolute Gasteiger partial charge is 0.573 e. The number of piperidine rings is 1. The molecule has 0 N–H and O–H groups in total. The van der Waals surface area contributed by atoms with E-state index in [1.807, 2.05) is 0 Å². The quantitative estimate of drug-likeness (QED) is 0.690. The van der Waals surface area contributed by atoms with Gasteiger partial charge in [0.2, 0.25) is 0 Å². The zero-order valence-corrected chi connectivity index (χ0v) is 17.2. The summed E-state index contributed by atoms with van der Waals surface area (Å²) in [6.07, 6.45) is -3.04. The lowest BCUT2D eigenvalue weighted by Gasteiger charge is -2.32. The molecule has 2 aromatic rings. The highest BCUT2D eigenvalue weighted by Crippen LogP contribution is 2.28. The lowest BCUT2D eigenvalue weighted by molar-refractivity contribution is -0.274. The average molecular weight is 449 g/mol. The first kappa shape index (κ1) is 22.0. The fourth-order valence-corrected chi connectivity index (χ4v) is 3.87. The first-order valence-electron chi connectivity index (χ1n) is 10.3. The van der Waals surface area contributed by atoms with Crippen molar-refractivity contribution in [3.8, 4) is 17.2 Å². The number of benzene rings is 2. The van der Waals surface area contributed by atoms with E-state index in [0.29, 0.717) is 36.8 Å². The topological polar surface area (TPSA) is 65.1 Å². The molecule has 0 radical (unpaired) electrons. The molecular weight excluding hydrogens is 427 g/mol. The van der Waals surface area contributed by atoms with Crippen molar-refractivity contribution >= 4 is 11.7 Å². The third-order valence-corrected chi connectivity index (χ3v) is 5.51. The number of carbonyl (C=O) groups excluding carboxylic acids is 2. The van der Waals surface area contributed by atoms with Crippen LogP contribution in [0.4, 0.5) is 13.2 Å². The number of ketones is 1. The number of alkyl halides is 3. The van der Waals surface area contributed by atoms with Gasteiger partial charge in [0, 0.05) is 36.7 Å². The van der Waals surface area contributed by atoms with Crippen LogP contribution < -0.4 is 14.2 Å². The van der Waals surface area contributed by atoms with E-state index in [0.717, 1.165) is 18.4 Å². The summed E-state index contributed by atoms with van der Waals surface area (Å²) >= 11 is 0. The van der Waals surface area contributed by atoms with Crippen molar-refractivity contribution in [1.29, 1.82) is 0 Å². The molecule has 32 heavy (non-hydrogen) atoms. The molecule has 2 aliphatic heterocycles. The van der Waals surface area contributed by atoms with E-state index in [1.54, 1.807) is 29.2 Å². The highest BCUT2D eigenvalue weighted by Gasteiger charge is 2.31. The average Bonchev–Trinajstić information content (AvgIpc) is 2.76. The van der Waals surface area contributed by atoms with Gasteiger partial charge in [-0.3, -0.25) is 9.59 Å². The van der Waals surface area contributed by atoms with Gasteiger partial charge < -0.3 is 19.1 Å². The lowest BCUT2D eigenvalue weighted by atomic mass is 9.96. The summed E-state index contributed by atoms with van der Waals surface area (Å²) < 4.78 is 52.0. The predicted octanol–water partition coefficient (Wildman–Crippen LogP) is 4.02. The van der Waals surface area contributed by atoms with E-state index in [4.69, 9.17) is 9.47 Å². The Labute approximate surface area is 182 Å². The minimum Gasteiger partial charge on any atom is -0.493 e. The highest BCUT2D eigenvalue weighted by atomic mass is 19.4.